The molecule has 1 aliphatic heterocycles. The number of aromatic amines is 1. The van der Waals surface area contributed by atoms with Crippen molar-refractivity contribution < 1.29 is 27.5 Å². The molecule has 1 saturated heterocycles. The number of ether oxygens (including phenoxy) is 1. The lowest BCUT2D eigenvalue weighted by Gasteiger charge is -2.31. The van der Waals surface area contributed by atoms with Gasteiger partial charge in [-0.25, -0.2) is 0 Å². The summed E-state index contributed by atoms with van der Waals surface area (Å²) in [7, 11) is 1.63. The van der Waals surface area contributed by atoms with E-state index in [2.05, 4.69) is 15.6 Å². The number of likely N-dealkylation sites (N-methyl/N-ethyl adjacent to an activating group) is 1. The molecule has 2 atom stereocenters. The Morgan fingerprint density at radius 3 is 2.53 bits per heavy atom. The van der Waals surface area contributed by atoms with Crippen molar-refractivity contribution in [1.29, 1.82) is 0 Å². The zero-order valence-electron chi connectivity index (χ0n) is 20.0. The fraction of sp³-hybridized carbons (Fsp3) is 0.346. The molecule has 1 aliphatic rings. The Hall–Kier alpha value is -3.66. The van der Waals surface area contributed by atoms with Gasteiger partial charge in [-0.1, -0.05) is 30.3 Å². The van der Waals surface area contributed by atoms with E-state index in [1.807, 2.05) is 0 Å². The summed E-state index contributed by atoms with van der Waals surface area (Å²) in [5.74, 6) is -1.28. The molecule has 2 heterocycles. The summed E-state index contributed by atoms with van der Waals surface area (Å²) < 4.78 is 45.9. The van der Waals surface area contributed by atoms with E-state index in [-0.39, 0.29) is 29.1 Å². The van der Waals surface area contributed by atoms with Crippen LogP contribution in [0.5, 0.6) is 0 Å². The number of carbonyl (C=O) groups is 2. The van der Waals surface area contributed by atoms with Crippen LogP contribution in [0.15, 0.2) is 53.3 Å². The third-order valence-corrected chi connectivity index (χ3v) is 6.44. The minimum Gasteiger partial charge on any atom is -0.457 e. The maximum Gasteiger partial charge on any atom is 0.417 e. The number of esters is 1. The number of alkyl halides is 3. The number of hydrogen-bond acceptors (Lipinski definition) is 5. The van der Waals surface area contributed by atoms with E-state index in [1.165, 1.54) is 24.3 Å². The molecule has 3 aromatic rings. The van der Waals surface area contributed by atoms with E-state index >= 15 is 0 Å². The van der Waals surface area contributed by atoms with Gasteiger partial charge in [-0.2, -0.15) is 13.2 Å². The van der Waals surface area contributed by atoms with Crippen LogP contribution < -0.4 is 16.2 Å². The quantitative estimate of drug-likeness (QED) is 0.447. The Bertz CT molecular complexity index is 1380. The molecular weight excluding hydrogens is 475 g/mol. The largest absolute Gasteiger partial charge is 0.457 e. The first-order valence-corrected chi connectivity index (χ1v) is 11.4. The highest BCUT2D eigenvalue weighted by molar-refractivity contribution is 5.90. The van der Waals surface area contributed by atoms with Crippen LogP contribution in [0.3, 0.4) is 0 Å². The van der Waals surface area contributed by atoms with Crippen LogP contribution in [0.4, 0.5) is 13.2 Å². The normalized spacial score (nSPS) is 18.3. The van der Waals surface area contributed by atoms with Crippen LogP contribution in [0.1, 0.15) is 37.3 Å². The molecule has 3 N–H and O–H groups in total. The average molecular weight is 502 g/mol. The van der Waals surface area contributed by atoms with Crippen LogP contribution >= 0.6 is 0 Å². The van der Waals surface area contributed by atoms with Crippen molar-refractivity contribution in [2.45, 2.75) is 44.0 Å². The minimum atomic E-state index is -4.58. The first-order chi connectivity index (χ1) is 16.9. The van der Waals surface area contributed by atoms with Gasteiger partial charge in [0.1, 0.15) is 5.60 Å². The molecule has 1 unspecified atom stereocenters. The van der Waals surface area contributed by atoms with Crippen molar-refractivity contribution in [3.63, 3.8) is 0 Å². The Morgan fingerprint density at radius 1 is 1.11 bits per heavy atom. The number of amides is 1. The molecule has 1 amide bonds. The van der Waals surface area contributed by atoms with Gasteiger partial charge in [0, 0.05) is 16.6 Å². The van der Waals surface area contributed by atoms with Gasteiger partial charge in [0.05, 0.1) is 24.1 Å². The molecule has 0 spiro atoms. The SMILES string of the molecule is CNCC(=O)OC(C)(C)C1C[C@@H](c2ccc3cc(-c4ccccc4C(F)(F)F)[nH]c(=O)c3c2)C(=O)N1. The smallest absolute Gasteiger partial charge is 0.417 e. The lowest BCUT2D eigenvalue weighted by atomic mass is 9.89. The first kappa shape index (κ1) is 25.4. The second kappa shape index (κ2) is 9.42. The van der Waals surface area contributed by atoms with Crippen molar-refractivity contribution >= 4 is 22.6 Å². The molecule has 0 bridgehead atoms. The molecule has 0 radical (unpaired) electrons. The zero-order chi connectivity index (χ0) is 26.3. The van der Waals surface area contributed by atoms with Gasteiger partial charge in [0.15, 0.2) is 0 Å². The predicted molar refractivity (Wildman–Crippen MR) is 128 cm³/mol. The summed E-state index contributed by atoms with van der Waals surface area (Å²) in [5, 5.41) is 6.31. The number of nitrogens with one attached hydrogen (secondary N) is 3. The summed E-state index contributed by atoms with van der Waals surface area (Å²) >= 11 is 0. The van der Waals surface area contributed by atoms with E-state index in [0.717, 1.165) is 6.07 Å². The van der Waals surface area contributed by atoms with Crippen molar-refractivity contribution in [2.24, 2.45) is 0 Å². The summed E-state index contributed by atoms with van der Waals surface area (Å²) in [6.45, 7) is 3.48. The molecule has 0 aliphatic carbocycles. The van der Waals surface area contributed by atoms with Crippen LogP contribution in [-0.4, -0.2) is 42.1 Å². The standard InChI is InChI=1S/C26H26F3N3O4/c1-25(2,36-22(33)13-30-3)21-12-18(24(35)32-21)14-8-9-15-11-20(31-23(34)17(15)10-14)16-6-4-5-7-19(16)26(27,28)29/h4-11,18,21,30H,12-13H2,1-3H3,(H,31,34)(H,32,35)/t18-,21?/m0/s1. The highest BCUT2D eigenvalue weighted by Crippen LogP contribution is 2.37. The maximum absolute atomic E-state index is 13.5. The molecule has 4 rings (SSSR count). The highest BCUT2D eigenvalue weighted by atomic mass is 19.4. The third-order valence-electron chi connectivity index (χ3n) is 6.44. The van der Waals surface area contributed by atoms with Gasteiger partial charge in [0.2, 0.25) is 5.91 Å². The molecule has 0 saturated carbocycles. The number of rotatable bonds is 6. The van der Waals surface area contributed by atoms with Crippen LogP contribution in [0, 0.1) is 0 Å². The van der Waals surface area contributed by atoms with Gasteiger partial charge in [-0.05, 0) is 56.5 Å². The van der Waals surface area contributed by atoms with Crippen molar-refractivity contribution in [3.8, 4) is 11.3 Å². The van der Waals surface area contributed by atoms with E-state index in [0.29, 0.717) is 17.4 Å². The fourth-order valence-electron chi connectivity index (χ4n) is 4.57. The van der Waals surface area contributed by atoms with Crippen LogP contribution in [0.2, 0.25) is 0 Å². The van der Waals surface area contributed by atoms with Gasteiger partial charge in [-0.15, -0.1) is 0 Å². The van der Waals surface area contributed by atoms with Crippen molar-refractivity contribution in [2.75, 3.05) is 13.6 Å². The first-order valence-electron chi connectivity index (χ1n) is 11.4. The van der Waals surface area contributed by atoms with E-state index < -0.39 is 40.8 Å². The number of H-pyrrole nitrogens is 1. The number of halogens is 3. The fourth-order valence-corrected chi connectivity index (χ4v) is 4.57. The Labute approximate surface area is 205 Å². The summed E-state index contributed by atoms with van der Waals surface area (Å²) in [6, 6.07) is 11.0. The molecule has 36 heavy (non-hydrogen) atoms. The van der Waals surface area contributed by atoms with Gasteiger partial charge >= 0.3 is 12.1 Å². The van der Waals surface area contributed by atoms with Gasteiger partial charge < -0.3 is 20.4 Å². The Balaban J connectivity index is 1.64. The highest BCUT2D eigenvalue weighted by Gasteiger charge is 2.43. The summed E-state index contributed by atoms with van der Waals surface area (Å²) in [5.41, 5.74) is -1.83. The molecule has 7 nitrogen and oxygen atoms in total. The lowest BCUT2D eigenvalue weighted by Crippen LogP contribution is -2.48. The molecule has 190 valence electrons. The second-order valence-corrected chi connectivity index (χ2v) is 9.36. The van der Waals surface area contributed by atoms with Crippen molar-refractivity contribution in [3.05, 3.63) is 70.0 Å². The number of carbonyl (C=O) groups excluding carboxylic acids is 2. The van der Waals surface area contributed by atoms with E-state index in [4.69, 9.17) is 4.74 Å². The summed E-state index contributed by atoms with van der Waals surface area (Å²) in [4.78, 5) is 40.2. The van der Waals surface area contributed by atoms with E-state index in [1.54, 1.807) is 39.1 Å². The topological polar surface area (TPSA) is 100 Å². The second-order valence-electron chi connectivity index (χ2n) is 9.36. The molecular formula is C26H26F3N3O4. The van der Waals surface area contributed by atoms with Crippen LogP contribution in [-0.2, 0) is 20.5 Å². The number of fused-ring (bicyclic) bond motifs is 1. The Morgan fingerprint density at radius 2 is 1.83 bits per heavy atom. The zero-order valence-corrected chi connectivity index (χ0v) is 20.0. The van der Waals surface area contributed by atoms with E-state index in [9.17, 15) is 27.6 Å². The third kappa shape index (κ3) is 4.99. The number of aromatic nitrogens is 1. The van der Waals surface area contributed by atoms with Crippen LogP contribution in [0.25, 0.3) is 22.0 Å². The number of pyridine rings is 1. The predicted octanol–water partition coefficient (Wildman–Crippen LogP) is 3.73. The lowest BCUT2D eigenvalue weighted by molar-refractivity contribution is -0.158. The number of benzene rings is 2. The van der Waals surface area contributed by atoms with Crippen molar-refractivity contribution in [1.82, 2.24) is 15.6 Å². The Kier molecular flexibility index (Phi) is 6.66. The molecule has 10 heteroatoms. The molecule has 1 aromatic heterocycles. The van der Waals surface area contributed by atoms with Gasteiger partial charge in [0.25, 0.3) is 5.56 Å². The average Bonchev–Trinajstić information content (AvgIpc) is 3.21. The molecule has 1 fully saturated rings. The molecule has 2 aromatic carbocycles. The van der Waals surface area contributed by atoms with Gasteiger partial charge in [-0.3, -0.25) is 14.4 Å². The maximum atomic E-state index is 13.5. The summed E-state index contributed by atoms with van der Waals surface area (Å²) in [6.07, 6.45) is -4.23. The number of hydrogen-bond donors (Lipinski definition) is 3. The minimum absolute atomic E-state index is 0.0381. The monoisotopic (exact) mass is 501 g/mol.